The summed E-state index contributed by atoms with van der Waals surface area (Å²) in [5.41, 5.74) is 0.974. The van der Waals surface area contributed by atoms with Crippen molar-refractivity contribution in [2.24, 2.45) is 0 Å². The summed E-state index contributed by atoms with van der Waals surface area (Å²) in [6.45, 7) is 3.96. The van der Waals surface area contributed by atoms with Crippen LogP contribution in [0.15, 0.2) is 29.2 Å². The highest BCUT2D eigenvalue weighted by atomic mass is 32.2. The number of hydrogen-bond donors (Lipinski definition) is 3. The van der Waals surface area contributed by atoms with E-state index < -0.39 is 22.2 Å². The predicted molar refractivity (Wildman–Crippen MR) is 93.6 cm³/mol. The maximum atomic E-state index is 12.5. The maximum Gasteiger partial charge on any atom is 0.240 e. The number of hydrogen-bond acceptors (Lipinski definition) is 5. The van der Waals surface area contributed by atoms with Crippen molar-refractivity contribution < 1.29 is 23.1 Å². The Morgan fingerprint density at radius 3 is 2.56 bits per heavy atom. The summed E-state index contributed by atoms with van der Waals surface area (Å²) in [7, 11) is -3.69. The Balaban J connectivity index is 2.00. The predicted octanol–water partition coefficient (Wildman–Crippen LogP) is 0.708. The Hall–Kier alpha value is -1.48. The largest absolute Gasteiger partial charge is 0.394 e. The number of sulfonamides is 1. The molecule has 0 saturated carbocycles. The molecule has 0 bridgehead atoms. The number of carbonyl (C=O) groups is 1. The van der Waals surface area contributed by atoms with Crippen LogP contribution < -0.4 is 10.0 Å². The van der Waals surface area contributed by atoms with Crippen molar-refractivity contribution in [1.29, 1.82) is 0 Å². The molecule has 2 rings (SSSR count). The second kappa shape index (κ2) is 8.75. The average molecular weight is 370 g/mol. The first-order valence-electron chi connectivity index (χ1n) is 8.47. The standard InChI is InChI=1S/C17H26N2O5S/c1-3-18-17(21)10-13-6-9-15(16(11-20)24-13)19-25(22,23)14-7-4-12(2)5-8-14/h4-5,7-8,13,15-16,19-20H,3,6,9-11H2,1-2H3,(H,18,21)/t13-,15+,16-/m0/s1. The molecule has 0 aliphatic carbocycles. The van der Waals surface area contributed by atoms with Crippen molar-refractivity contribution >= 4 is 15.9 Å². The van der Waals surface area contributed by atoms with Crippen LogP contribution in [0.2, 0.25) is 0 Å². The van der Waals surface area contributed by atoms with Gasteiger partial charge in [-0.05, 0) is 38.8 Å². The molecule has 0 radical (unpaired) electrons. The molecule has 0 spiro atoms. The van der Waals surface area contributed by atoms with Crippen LogP contribution >= 0.6 is 0 Å². The Labute approximate surface area is 148 Å². The van der Waals surface area contributed by atoms with E-state index in [1.165, 1.54) is 0 Å². The molecule has 1 heterocycles. The van der Waals surface area contributed by atoms with E-state index in [9.17, 15) is 18.3 Å². The lowest BCUT2D eigenvalue weighted by Gasteiger charge is -2.35. The first-order valence-corrected chi connectivity index (χ1v) is 9.96. The highest BCUT2D eigenvalue weighted by Crippen LogP contribution is 2.23. The molecule has 1 aliphatic rings. The molecule has 1 aliphatic heterocycles. The quantitative estimate of drug-likeness (QED) is 0.656. The van der Waals surface area contributed by atoms with Crippen LogP contribution in [0.1, 0.15) is 31.7 Å². The van der Waals surface area contributed by atoms with Crippen LogP contribution in [0.4, 0.5) is 0 Å². The zero-order chi connectivity index (χ0) is 18.4. The monoisotopic (exact) mass is 370 g/mol. The molecule has 7 nitrogen and oxygen atoms in total. The van der Waals surface area contributed by atoms with Gasteiger partial charge in [0.2, 0.25) is 15.9 Å². The summed E-state index contributed by atoms with van der Waals surface area (Å²) < 4.78 is 33.4. The van der Waals surface area contributed by atoms with Gasteiger partial charge < -0.3 is 15.2 Å². The first-order chi connectivity index (χ1) is 11.9. The number of aliphatic hydroxyl groups excluding tert-OH is 1. The summed E-state index contributed by atoms with van der Waals surface area (Å²) in [5, 5.41) is 12.3. The highest BCUT2D eigenvalue weighted by molar-refractivity contribution is 7.89. The zero-order valence-corrected chi connectivity index (χ0v) is 15.4. The van der Waals surface area contributed by atoms with Crippen LogP contribution in [0, 0.1) is 6.92 Å². The van der Waals surface area contributed by atoms with Crippen molar-refractivity contribution in [2.75, 3.05) is 13.2 Å². The zero-order valence-electron chi connectivity index (χ0n) is 14.6. The second-order valence-electron chi connectivity index (χ2n) is 6.25. The van der Waals surface area contributed by atoms with Gasteiger partial charge in [0.1, 0.15) is 0 Å². The van der Waals surface area contributed by atoms with Crippen molar-refractivity contribution in [3.05, 3.63) is 29.8 Å². The topological polar surface area (TPSA) is 105 Å². The number of aliphatic hydroxyl groups is 1. The van der Waals surface area contributed by atoms with Gasteiger partial charge >= 0.3 is 0 Å². The number of aryl methyl sites for hydroxylation is 1. The number of benzene rings is 1. The molecule has 140 valence electrons. The van der Waals surface area contributed by atoms with Crippen LogP contribution in [0.5, 0.6) is 0 Å². The molecule has 1 saturated heterocycles. The Bertz CT molecular complexity index is 675. The van der Waals surface area contributed by atoms with Gasteiger partial charge in [0.05, 0.1) is 36.2 Å². The molecule has 1 aromatic rings. The number of ether oxygens (including phenoxy) is 1. The molecule has 3 N–H and O–H groups in total. The SMILES string of the molecule is CCNC(=O)C[C@@H]1CC[C@@H](NS(=O)(=O)c2ccc(C)cc2)[C@H](CO)O1. The minimum atomic E-state index is -3.69. The first kappa shape index (κ1) is 19.8. The van der Waals surface area contributed by atoms with E-state index in [1.807, 2.05) is 13.8 Å². The molecular formula is C17H26N2O5S. The van der Waals surface area contributed by atoms with Crippen LogP contribution in [-0.4, -0.2) is 50.8 Å². The number of rotatable bonds is 7. The lowest BCUT2D eigenvalue weighted by Crippen LogP contribution is -2.51. The number of nitrogens with one attached hydrogen (secondary N) is 2. The molecule has 25 heavy (non-hydrogen) atoms. The average Bonchev–Trinajstić information content (AvgIpc) is 2.56. The van der Waals surface area contributed by atoms with Gasteiger partial charge in [-0.2, -0.15) is 0 Å². The molecule has 1 fully saturated rings. The van der Waals surface area contributed by atoms with E-state index in [2.05, 4.69) is 10.0 Å². The maximum absolute atomic E-state index is 12.5. The summed E-state index contributed by atoms with van der Waals surface area (Å²) in [6, 6.07) is 6.04. The van der Waals surface area contributed by atoms with Gasteiger partial charge in [-0.3, -0.25) is 4.79 Å². The van der Waals surface area contributed by atoms with Crippen molar-refractivity contribution in [2.45, 2.75) is 56.3 Å². The molecular weight excluding hydrogens is 344 g/mol. The Morgan fingerprint density at radius 1 is 1.28 bits per heavy atom. The smallest absolute Gasteiger partial charge is 0.240 e. The van der Waals surface area contributed by atoms with E-state index in [4.69, 9.17) is 4.74 Å². The normalized spacial score (nSPS) is 24.0. The number of carbonyl (C=O) groups excluding carboxylic acids is 1. The molecule has 8 heteroatoms. The van der Waals surface area contributed by atoms with Crippen LogP contribution in [-0.2, 0) is 19.6 Å². The fourth-order valence-electron chi connectivity index (χ4n) is 2.88. The molecule has 1 amide bonds. The van der Waals surface area contributed by atoms with Gasteiger partial charge in [0, 0.05) is 6.54 Å². The summed E-state index contributed by atoms with van der Waals surface area (Å²) in [4.78, 5) is 11.8. The number of amides is 1. The Morgan fingerprint density at radius 2 is 1.96 bits per heavy atom. The fourth-order valence-corrected chi connectivity index (χ4v) is 4.18. The van der Waals surface area contributed by atoms with Crippen LogP contribution in [0.25, 0.3) is 0 Å². The van der Waals surface area contributed by atoms with Gasteiger partial charge in [0.25, 0.3) is 0 Å². The van der Waals surface area contributed by atoms with E-state index in [0.29, 0.717) is 19.4 Å². The molecule has 0 unspecified atom stereocenters. The summed E-state index contributed by atoms with van der Waals surface area (Å²) >= 11 is 0. The summed E-state index contributed by atoms with van der Waals surface area (Å²) in [6.07, 6.45) is 0.272. The van der Waals surface area contributed by atoms with Gasteiger partial charge in [0.15, 0.2) is 0 Å². The van der Waals surface area contributed by atoms with E-state index in [0.717, 1.165) is 5.56 Å². The highest BCUT2D eigenvalue weighted by Gasteiger charge is 2.34. The van der Waals surface area contributed by atoms with Gasteiger partial charge in [-0.25, -0.2) is 13.1 Å². The van der Waals surface area contributed by atoms with E-state index >= 15 is 0 Å². The second-order valence-corrected chi connectivity index (χ2v) is 7.97. The van der Waals surface area contributed by atoms with Gasteiger partial charge in [-0.1, -0.05) is 17.7 Å². The van der Waals surface area contributed by atoms with Crippen molar-refractivity contribution in [1.82, 2.24) is 10.0 Å². The lowest BCUT2D eigenvalue weighted by molar-refractivity contribution is -0.130. The van der Waals surface area contributed by atoms with Crippen molar-refractivity contribution in [3.63, 3.8) is 0 Å². The summed E-state index contributed by atoms with van der Waals surface area (Å²) in [5.74, 6) is -0.108. The minimum Gasteiger partial charge on any atom is -0.394 e. The fraction of sp³-hybridized carbons (Fsp3) is 0.588. The van der Waals surface area contributed by atoms with E-state index in [-0.39, 0.29) is 29.9 Å². The third-order valence-corrected chi connectivity index (χ3v) is 5.73. The Kier molecular flexibility index (Phi) is 6.95. The lowest BCUT2D eigenvalue weighted by atomic mass is 9.98. The van der Waals surface area contributed by atoms with Gasteiger partial charge in [-0.15, -0.1) is 0 Å². The third-order valence-electron chi connectivity index (χ3n) is 4.22. The van der Waals surface area contributed by atoms with Crippen LogP contribution in [0.3, 0.4) is 0 Å². The molecule has 0 aromatic heterocycles. The van der Waals surface area contributed by atoms with E-state index in [1.54, 1.807) is 24.3 Å². The van der Waals surface area contributed by atoms with Crippen molar-refractivity contribution in [3.8, 4) is 0 Å². The minimum absolute atomic E-state index is 0.108. The third kappa shape index (κ3) is 5.50. The molecule has 3 atom stereocenters. The molecule has 1 aromatic carbocycles.